The summed E-state index contributed by atoms with van der Waals surface area (Å²) in [6, 6.07) is 12.0. The Morgan fingerprint density at radius 2 is 2.04 bits per heavy atom. The largest absolute Gasteiger partial charge is 0.450 e. The van der Waals surface area contributed by atoms with Gasteiger partial charge in [0.2, 0.25) is 5.91 Å². The molecular formula is C31H38N6O5S3. The van der Waals surface area contributed by atoms with Gasteiger partial charge in [-0.25, -0.2) is 4.98 Å². The van der Waals surface area contributed by atoms with Crippen LogP contribution in [0.15, 0.2) is 56.0 Å². The van der Waals surface area contributed by atoms with Crippen LogP contribution in [0.2, 0.25) is 0 Å². The summed E-state index contributed by atoms with van der Waals surface area (Å²) in [5.74, 6) is 1.27. The highest BCUT2D eigenvalue weighted by Gasteiger charge is 2.42. The first kappa shape index (κ1) is 32.2. The van der Waals surface area contributed by atoms with Crippen LogP contribution in [-0.2, 0) is 16.1 Å². The van der Waals surface area contributed by atoms with E-state index in [9.17, 15) is 19.5 Å². The number of imidazole rings is 1. The van der Waals surface area contributed by atoms with E-state index in [0.717, 1.165) is 59.4 Å². The Kier molecular flexibility index (Phi) is 10.3. The molecule has 0 spiro atoms. The number of nitrogens with one attached hydrogen (secondary N) is 3. The first-order chi connectivity index (χ1) is 21.8. The number of thioether (sulfide) groups is 2. The number of hydrogen-bond donors (Lipinski definition) is 4. The van der Waals surface area contributed by atoms with Crippen molar-refractivity contribution in [2.75, 3.05) is 12.3 Å². The second-order valence-electron chi connectivity index (χ2n) is 11.6. The van der Waals surface area contributed by atoms with Crippen molar-refractivity contribution >= 4 is 69.4 Å². The summed E-state index contributed by atoms with van der Waals surface area (Å²) < 4.78 is 8.14. The second kappa shape index (κ2) is 14.3. The lowest BCUT2D eigenvalue weighted by atomic mass is 10.0. The molecule has 14 heteroatoms. The smallest absolute Gasteiger partial charge is 0.293 e. The lowest BCUT2D eigenvalue weighted by Crippen LogP contribution is -2.38. The molecule has 0 saturated carbocycles. The molecule has 11 nitrogen and oxygen atoms in total. The molecule has 3 saturated heterocycles. The van der Waals surface area contributed by atoms with E-state index >= 15 is 0 Å². The number of fused-ring (bicyclic) bond motifs is 2. The van der Waals surface area contributed by atoms with E-state index in [-0.39, 0.29) is 23.1 Å². The standard InChI is InChI=1S/C31H38N6O5S3/c1-18(2)37-28(39)24(44-31(37)41)16-19-12-13-26(42-19)45-30-34-20-8-3-4-9-22(20)36(30)15-7-14-32-25(38)11-6-5-10-23-27-21(17-43-23)33-29(40)35-27/h3-4,8-9,12-13,16,18,21,23,27,29,33,35,40H,5-7,10-11,14-15,17H2,1-2H3,(H,32,38)/b24-16-. The van der Waals surface area contributed by atoms with Gasteiger partial charge in [0.1, 0.15) is 5.76 Å². The van der Waals surface area contributed by atoms with E-state index in [1.165, 1.54) is 16.7 Å². The Labute approximate surface area is 274 Å². The third-order valence-corrected chi connectivity index (χ3v) is 11.4. The fraction of sp³-hybridized carbons (Fsp3) is 0.484. The number of aliphatic hydroxyl groups is 1. The van der Waals surface area contributed by atoms with Crippen LogP contribution < -0.4 is 16.0 Å². The van der Waals surface area contributed by atoms with Gasteiger partial charge in [0.05, 0.1) is 15.9 Å². The zero-order valence-electron chi connectivity index (χ0n) is 25.2. The summed E-state index contributed by atoms with van der Waals surface area (Å²) >= 11 is 4.26. The number of furan rings is 1. The maximum atomic E-state index is 12.6. The number of imide groups is 1. The van der Waals surface area contributed by atoms with E-state index in [2.05, 4.69) is 20.5 Å². The Morgan fingerprint density at radius 3 is 2.87 bits per heavy atom. The van der Waals surface area contributed by atoms with Crippen molar-refractivity contribution in [1.29, 1.82) is 0 Å². The van der Waals surface area contributed by atoms with Crippen LogP contribution in [0.3, 0.4) is 0 Å². The number of aryl methyl sites for hydroxylation is 1. The molecular weight excluding hydrogens is 633 g/mol. The minimum Gasteiger partial charge on any atom is -0.450 e. The summed E-state index contributed by atoms with van der Waals surface area (Å²) in [5.41, 5.74) is 1.88. The number of carbonyl (C=O) groups excluding carboxylic acids is 3. The van der Waals surface area contributed by atoms with Crippen LogP contribution >= 0.6 is 35.3 Å². The summed E-state index contributed by atoms with van der Waals surface area (Å²) in [5, 5.41) is 20.8. The van der Waals surface area contributed by atoms with Crippen molar-refractivity contribution in [2.24, 2.45) is 0 Å². The SMILES string of the molecule is CC(C)N1C(=O)S/C(=C\c2ccc(Sc3nc4ccccc4n3CCCNC(=O)CCCCC3SCC4NC(O)NC43)o2)C1=O. The average Bonchev–Trinajstić information content (AvgIpc) is 3.81. The third kappa shape index (κ3) is 7.47. The molecule has 3 amide bonds. The topological polar surface area (TPSA) is 142 Å². The molecule has 4 N–H and O–H groups in total. The molecule has 3 aromatic rings. The Hall–Kier alpha value is -2.75. The number of rotatable bonds is 13. The van der Waals surface area contributed by atoms with E-state index < -0.39 is 6.35 Å². The summed E-state index contributed by atoms with van der Waals surface area (Å²) in [6.45, 7) is 4.87. The molecule has 0 radical (unpaired) electrons. The molecule has 3 aliphatic heterocycles. The quantitative estimate of drug-likeness (QED) is 0.150. The molecule has 0 bridgehead atoms. The van der Waals surface area contributed by atoms with Crippen LogP contribution in [0.1, 0.15) is 51.7 Å². The van der Waals surface area contributed by atoms with Gasteiger partial charge >= 0.3 is 0 Å². The highest BCUT2D eigenvalue weighted by molar-refractivity contribution is 8.18. The van der Waals surface area contributed by atoms with Gasteiger partial charge in [-0.05, 0) is 80.9 Å². The predicted molar refractivity (Wildman–Crippen MR) is 178 cm³/mol. The Morgan fingerprint density at radius 1 is 1.20 bits per heavy atom. The second-order valence-corrected chi connectivity index (χ2v) is 14.9. The monoisotopic (exact) mass is 670 g/mol. The maximum absolute atomic E-state index is 12.6. The molecule has 0 aliphatic carbocycles. The molecule has 4 atom stereocenters. The van der Waals surface area contributed by atoms with E-state index in [1.54, 1.807) is 12.1 Å². The van der Waals surface area contributed by atoms with Crippen LogP contribution in [0.25, 0.3) is 17.1 Å². The van der Waals surface area contributed by atoms with Crippen LogP contribution in [0.4, 0.5) is 4.79 Å². The van der Waals surface area contributed by atoms with Crippen molar-refractivity contribution in [3.8, 4) is 0 Å². The number of unbranched alkanes of at least 4 members (excludes halogenated alkanes) is 1. The minimum absolute atomic E-state index is 0.0717. The van der Waals surface area contributed by atoms with Crippen LogP contribution in [0.5, 0.6) is 0 Å². The molecule has 240 valence electrons. The van der Waals surface area contributed by atoms with E-state index in [1.807, 2.05) is 55.9 Å². The molecule has 6 rings (SSSR count). The summed E-state index contributed by atoms with van der Waals surface area (Å²) in [4.78, 5) is 43.8. The first-order valence-electron chi connectivity index (χ1n) is 15.4. The highest BCUT2D eigenvalue weighted by Crippen LogP contribution is 2.36. The summed E-state index contributed by atoms with van der Waals surface area (Å²) in [7, 11) is 0. The number of benzene rings is 1. The van der Waals surface area contributed by atoms with E-state index in [4.69, 9.17) is 9.40 Å². The fourth-order valence-corrected chi connectivity index (χ4v) is 9.31. The molecule has 45 heavy (non-hydrogen) atoms. The van der Waals surface area contributed by atoms with Gasteiger partial charge in [-0.3, -0.25) is 29.9 Å². The van der Waals surface area contributed by atoms with Crippen molar-refractivity contribution < 1.29 is 23.9 Å². The van der Waals surface area contributed by atoms with Crippen LogP contribution in [0, 0.1) is 0 Å². The number of nitrogens with zero attached hydrogens (tertiary/aromatic N) is 3. The highest BCUT2D eigenvalue weighted by atomic mass is 32.2. The lowest BCUT2D eigenvalue weighted by Gasteiger charge is -2.17. The predicted octanol–water partition coefficient (Wildman–Crippen LogP) is 4.61. The molecule has 5 heterocycles. The Balaban J connectivity index is 0.990. The summed E-state index contributed by atoms with van der Waals surface area (Å²) in [6.07, 6.45) is 5.15. The van der Waals surface area contributed by atoms with Gasteiger partial charge in [-0.1, -0.05) is 18.6 Å². The molecule has 2 aromatic heterocycles. The third-order valence-electron chi connectivity index (χ3n) is 8.10. The number of aromatic nitrogens is 2. The van der Waals surface area contributed by atoms with Gasteiger partial charge in [0.15, 0.2) is 16.6 Å². The van der Waals surface area contributed by atoms with Crippen LogP contribution in [-0.4, -0.2) is 78.6 Å². The number of hydrogen-bond acceptors (Lipinski definition) is 11. The molecule has 4 unspecified atom stereocenters. The number of aliphatic hydroxyl groups excluding tert-OH is 1. The normalized spacial score (nSPS) is 24.1. The zero-order valence-corrected chi connectivity index (χ0v) is 27.7. The molecule has 3 aliphatic rings. The fourth-order valence-electron chi connectivity index (χ4n) is 5.91. The van der Waals surface area contributed by atoms with Gasteiger partial charge in [-0.2, -0.15) is 11.8 Å². The average molecular weight is 671 g/mol. The number of carbonyl (C=O) groups is 3. The van der Waals surface area contributed by atoms with Crippen molar-refractivity contribution in [1.82, 2.24) is 30.4 Å². The van der Waals surface area contributed by atoms with Gasteiger partial charge < -0.3 is 19.4 Å². The Bertz CT molecular complexity index is 1590. The number of amides is 3. The zero-order chi connectivity index (χ0) is 31.5. The van der Waals surface area contributed by atoms with Gasteiger partial charge in [0.25, 0.3) is 11.1 Å². The van der Waals surface area contributed by atoms with Crippen molar-refractivity contribution in [2.45, 2.75) is 92.5 Å². The van der Waals surface area contributed by atoms with Gasteiger partial charge in [0, 0.05) is 54.7 Å². The first-order valence-corrected chi connectivity index (χ1v) is 18.0. The van der Waals surface area contributed by atoms with E-state index in [0.29, 0.717) is 52.6 Å². The number of para-hydroxylation sites is 2. The van der Waals surface area contributed by atoms with Gasteiger partial charge in [-0.15, -0.1) is 0 Å². The molecule has 3 fully saturated rings. The minimum atomic E-state index is -0.607. The van der Waals surface area contributed by atoms with Crippen molar-refractivity contribution in [3.05, 3.63) is 47.1 Å². The lowest BCUT2D eigenvalue weighted by molar-refractivity contribution is -0.124. The maximum Gasteiger partial charge on any atom is 0.293 e. The van der Waals surface area contributed by atoms with Crippen molar-refractivity contribution in [3.63, 3.8) is 0 Å². The molecule has 1 aromatic carbocycles.